The van der Waals surface area contributed by atoms with Crippen molar-refractivity contribution in [3.63, 3.8) is 0 Å². The molecular formula is C50H63BBr2N4NaO9S2. The summed E-state index contributed by atoms with van der Waals surface area (Å²) in [5.74, 6) is -1.53. The number of nitrogens with one attached hydrogen (secondary N) is 1. The van der Waals surface area contributed by atoms with E-state index in [1.165, 1.54) is 43.2 Å². The minimum atomic E-state index is -0.639. The van der Waals surface area contributed by atoms with Crippen molar-refractivity contribution in [2.75, 3.05) is 52.4 Å². The van der Waals surface area contributed by atoms with Crippen molar-refractivity contribution in [2.24, 2.45) is 0 Å². The first kappa shape index (κ1) is 63.3. The summed E-state index contributed by atoms with van der Waals surface area (Å²) in [6, 6.07) is 23.9. The van der Waals surface area contributed by atoms with Gasteiger partial charge in [-0.05, 0) is 125 Å². The minimum absolute atomic E-state index is 0. The average molecular weight is 1120 g/mol. The number of carbonyl (C=O) groups excluding carboxylic acids is 6. The molecule has 2 aliphatic heterocycles. The molecule has 2 saturated heterocycles. The third-order valence-electron chi connectivity index (χ3n) is 10.2. The fraction of sp³-hybridized carbons (Fsp3) is 0.400. The molecule has 0 spiro atoms. The van der Waals surface area contributed by atoms with Crippen LogP contribution in [0.1, 0.15) is 121 Å². The zero-order chi connectivity index (χ0) is 50.4. The van der Waals surface area contributed by atoms with Crippen LogP contribution in [0, 0.1) is 0 Å². The standard InChI is InChI=1S/C22H27BrN2OS.C17H23BrN2O.C5H4OS.C4H6O4.C2H3BO2.Na/c1-3-25(4-2)22(26)19-9-7-17(8-10-19)21(23)18-11-13-24(14-12-18)16-20-6-5-15-27-20;1-3-20(4-2)17(21)15-7-5-13(6-8-15)16(18)14-9-11-19-12-10-14;6-4-5-2-1-3-7-5;1-3(5)7-8-4(2)6;1-2(4)5-3;/h5-10,15H,3-4,11-14,16H2,1-2H3;5-8,19H,3-4,9-12H2,1-2H3;1-4H;1-2H3;1H3;/q;;;;-1;+1. The first-order valence-corrected chi connectivity index (χ1v) is 25.7. The van der Waals surface area contributed by atoms with Gasteiger partial charge in [0, 0.05) is 91.6 Å². The summed E-state index contributed by atoms with van der Waals surface area (Å²) in [5, 5.41) is 7.39. The van der Waals surface area contributed by atoms with Crippen molar-refractivity contribution in [2.45, 2.75) is 80.7 Å². The molecule has 2 aliphatic rings. The van der Waals surface area contributed by atoms with Crippen molar-refractivity contribution in [1.82, 2.24) is 20.0 Å². The Balaban J connectivity index is 0.000000496. The van der Waals surface area contributed by atoms with E-state index in [-0.39, 0.29) is 41.4 Å². The predicted octanol–water partition coefficient (Wildman–Crippen LogP) is 7.52. The fourth-order valence-corrected chi connectivity index (χ4v) is 9.16. The number of benzene rings is 2. The van der Waals surface area contributed by atoms with Crippen LogP contribution in [0.4, 0.5) is 0 Å². The monoisotopic (exact) mass is 1120 g/mol. The van der Waals surface area contributed by atoms with Crippen molar-refractivity contribution >= 4 is 108 Å². The Labute approximate surface area is 456 Å². The van der Waals surface area contributed by atoms with Gasteiger partial charge < -0.3 is 27.8 Å². The van der Waals surface area contributed by atoms with Crippen LogP contribution in [0.2, 0.25) is 0 Å². The third-order valence-corrected chi connectivity index (χ3v) is 13.9. The van der Waals surface area contributed by atoms with Crippen LogP contribution in [-0.2, 0) is 35.4 Å². The quantitative estimate of drug-likeness (QED) is 0.0688. The van der Waals surface area contributed by atoms with Gasteiger partial charge in [-0.15, -0.1) is 22.7 Å². The second-order valence-corrected chi connectivity index (χ2v) is 18.5. The number of likely N-dealkylation sites (tertiary alicyclic amines) is 1. The Morgan fingerprint density at radius 1 is 0.638 bits per heavy atom. The van der Waals surface area contributed by atoms with Crippen LogP contribution >= 0.6 is 54.5 Å². The summed E-state index contributed by atoms with van der Waals surface area (Å²) in [7, 11) is 4.32. The molecule has 0 unspecified atom stereocenters. The summed E-state index contributed by atoms with van der Waals surface area (Å²) < 4.78 is 5.99. The molecule has 2 fully saturated rings. The number of hydrogen-bond donors (Lipinski definition) is 1. The van der Waals surface area contributed by atoms with Crippen molar-refractivity contribution in [3.05, 3.63) is 127 Å². The molecule has 0 bridgehead atoms. The summed E-state index contributed by atoms with van der Waals surface area (Å²) >= 11 is 10.8. The molecule has 2 aromatic carbocycles. The van der Waals surface area contributed by atoms with E-state index in [1.54, 1.807) is 6.07 Å². The zero-order valence-corrected chi connectivity index (χ0v) is 47.8. The van der Waals surface area contributed by atoms with Crippen molar-refractivity contribution in [1.29, 1.82) is 0 Å². The normalized spacial score (nSPS) is 12.7. The third kappa shape index (κ3) is 24.3. The average Bonchev–Trinajstić information content (AvgIpc) is 4.11. The van der Waals surface area contributed by atoms with E-state index in [0.717, 1.165) is 132 Å². The van der Waals surface area contributed by atoms with Gasteiger partial charge in [-0.25, -0.2) is 19.4 Å². The Bertz CT molecular complexity index is 2190. The maximum Gasteiger partial charge on any atom is 1.00 e. The fourth-order valence-electron chi connectivity index (χ4n) is 6.56. The maximum atomic E-state index is 12.5. The number of amides is 2. The van der Waals surface area contributed by atoms with E-state index < -0.39 is 17.9 Å². The molecule has 6 rings (SSSR count). The minimum Gasteiger partial charge on any atom is -0.793 e. The molecule has 4 heterocycles. The van der Waals surface area contributed by atoms with E-state index in [2.05, 4.69) is 94.2 Å². The number of halogens is 2. The van der Waals surface area contributed by atoms with Gasteiger partial charge in [0.15, 0.2) is 6.29 Å². The topological polar surface area (TPSA) is 152 Å². The first-order valence-electron chi connectivity index (χ1n) is 22.3. The molecule has 0 atom stereocenters. The smallest absolute Gasteiger partial charge is 0.793 e. The number of hydrogen-bond acceptors (Lipinski definition) is 13. The molecule has 367 valence electrons. The Hall–Kier alpha value is -3.72. The summed E-state index contributed by atoms with van der Waals surface area (Å²) in [5.41, 5.74) is 6.77. The van der Waals surface area contributed by atoms with Gasteiger partial charge >= 0.3 is 41.5 Å². The van der Waals surface area contributed by atoms with E-state index in [0.29, 0.717) is 0 Å². The van der Waals surface area contributed by atoms with E-state index in [9.17, 15) is 28.8 Å². The molecule has 0 saturated carbocycles. The Kier molecular flexibility index (Phi) is 33.2. The summed E-state index contributed by atoms with van der Waals surface area (Å²) in [6.45, 7) is 19.9. The van der Waals surface area contributed by atoms with Crippen molar-refractivity contribution < 1.29 is 72.8 Å². The van der Waals surface area contributed by atoms with Crippen LogP contribution in [0.15, 0.2) is 94.7 Å². The summed E-state index contributed by atoms with van der Waals surface area (Å²) in [6.07, 6.45) is 5.20. The number of nitrogens with zero attached hydrogens (tertiary/aromatic N) is 3. The SMILES string of the molecule is CC(=O)OOC(C)=O.CCN(CC)C(=O)c1ccc(C(Br)=C2CCN(Cc3cccs3)CC2)cc1.CCN(CC)C(=O)c1ccc(C(Br)=C2CCNCC2)cc1.O=Cc1cccs1.[B-]OC(C)=O.[Na+]. The number of aldehydes is 1. The first-order chi connectivity index (χ1) is 32.6. The molecule has 13 nitrogen and oxygen atoms in total. The number of piperidine rings is 2. The Morgan fingerprint density at radius 3 is 1.35 bits per heavy atom. The van der Waals surface area contributed by atoms with E-state index >= 15 is 0 Å². The zero-order valence-electron chi connectivity index (χ0n) is 41.0. The molecule has 1 N–H and O–H groups in total. The Morgan fingerprint density at radius 2 is 1.03 bits per heavy atom. The van der Waals surface area contributed by atoms with Gasteiger partial charge in [0.2, 0.25) is 5.97 Å². The second kappa shape index (κ2) is 36.2. The van der Waals surface area contributed by atoms with Crippen LogP contribution < -0.4 is 34.9 Å². The van der Waals surface area contributed by atoms with Gasteiger partial charge in [-0.3, -0.25) is 24.1 Å². The van der Waals surface area contributed by atoms with Crippen LogP contribution in [0.3, 0.4) is 0 Å². The molecule has 0 aliphatic carbocycles. The molecular weight excluding hydrogens is 1060 g/mol. The van der Waals surface area contributed by atoms with E-state index in [1.807, 2.05) is 96.7 Å². The number of thiophene rings is 2. The van der Waals surface area contributed by atoms with Gasteiger partial charge in [0.1, 0.15) is 0 Å². The molecule has 2 aromatic heterocycles. The largest absolute Gasteiger partial charge is 1.00 e. The van der Waals surface area contributed by atoms with Crippen molar-refractivity contribution in [3.8, 4) is 0 Å². The summed E-state index contributed by atoms with van der Waals surface area (Å²) in [4.78, 5) is 79.9. The van der Waals surface area contributed by atoms with Crippen LogP contribution in [0.25, 0.3) is 8.96 Å². The number of rotatable bonds is 11. The molecule has 3 radical (unpaired) electrons. The van der Waals surface area contributed by atoms with Gasteiger partial charge in [-0.1, -0.05) is 79.4 Å². The molecule has 2 amide bonds. The van der Waals surface area contributed by atoms with Gasteiger partial charge in [0.05, 0.1) is 4.88 Å². The van der Waals surface area contributed by atoms with Crippen LogP contribution in [0.5, 0.6) is 0 Å². The predicted molar refractivity (Wildman–Crippen MR) is 281 cm³/mol. The second-order valence-electron chi connectivity index (χ2n) is 14.9. The van der Waals surface area contributed by atoms with E-state index in [4.69, 9.17) is 0 Å². The number of carbonyl (C=O) groups is 6. The maximum absolute atomic E-state index is 12.5. The van der Waals surface area contributed by atoms with Crippen LogP contribution in [-0.4, -0.2) is 111 Å². The van der Waals surface area contributed by atoms with Gasteiger partial charge in [-0.2, -0.15) is 0 Å². The molecule has 69 heavy (non-hydrogen) atoms. The molecule has 19 heteroatoms. The molecule has 4 aromatic rings. The van der Waals surface area contributed by atoms with Gasteiger partial charge in [0.25, 0.3) is 11.8 Å².